The highest BCUT2D eigenvalue weighted by molar-refractivity contribution is 7.22. The van der Waals surface area contributed by atoms with Crippen molar-refractivity contribution < 1.29 is 19.2 Å². The number of nitrogens with zero attached hydrogens (tertiary/aromatic N) is 1. The first-order chi connectivity index (χ1) is 14.0. The molecule has 0 unspecified atom stereocenters. The first-order valence-electron chi connectivity index (χ1n) is 8.44. The van der Waals surface area contributed by atoms with E-state index >= 15 is 0 Å². The fourth-order valence-electron chi connectivity index (χ4n) is 2.89. The minimum absolute atomic E-state index is 0.0847. The summed E-state index contributed by atoms with van der Waals surface area (Å²) in [7, 11) is 0. The predicted molar refractivity (Wildman–Crippen MR) is 112 cm³/mol. The fraction of sp³-hybridized carbons (Fsp3) is 0.0500. The highest BCUT2D eigenvalue weighted by Crippen LogP contribution is 2.40. The summed E-state index contributed by atoms with van der Waals surface area (Å²) in [5, 5.41) is 23.7. The van der Waals surface area contributed by atoms with Gasteiger partial charge >= 0.3 is 0 Å². The van der Waals surface area contributed by atoms with E-state index in [2.05, 4.69) is 5.32 Å². The number of thiophene rings is 1. The summed E-state index contributed by atoms with van der Waals surface area (Å²) in [4.78, 5) is 23.6. The van der Waals surface area contributed by atoms with Gasteiger partial charge in [0, 0.05) is 22.7 Å². The van der Waals surface area contributed by atoms with Gasteiger partial charge in [0.2, 0.25) is 0 Å². The average Bonchev–Trinajstić information content (AvgIpc) is 3.33. The third-order valence-corrected chi connectivity index (χ3v) is 6.01. The van der Waals surface area contributed by atoms with Crippen molar-refractivity contribution in [3.8, 4) is 11.3 Å². The number of benzene rings is 2. The van der Waals surface area contributed by atoms with E-state index in [1.54, 1.807) is 42.5 Å². The molecule has 2 heterocycles. The smallest absolute Gasteiger partial charge is 0.287 e. The Hall–Kier alpha value is -3.20. The van der Waals surface area contributed by atoms with Crippen LogP contribution in [0.1, 0.15) is 15.4 Å². The highest BCUT2D eigenvalue weighted by atomic mass is 35.5. The molecule has 0 spiro atoms. The van der Waals surface area contributed by atoms with Gasteiger partial charge in [-0.1, -0.05) is 23.7 Å². The molecule has 29 heavy (non-hydrogen) atoms. The summed E-state index contributed by atoms with van der Waals surface area (Å²) in [5.41, 5.74) is 1.24. The first-order valence-corrected chi connectivity index (χ1v) is 9.64. The molecule has 2 N–H and O–H groups in total. The minimum atomic E-state index is -0.494. The van der Waals surface area contributed by atoms with Crippen molar-refractivity contribution in [1.82, 2.24) is 0 Å². The first kappa shape index (κ1) is 19.1. The Morgan fingerprint density at radius 2 is 1.93 bits per heavy atom. The summed E-state index contributed by atoms with van der Waals surface area (Å²) in [6.45, 7) is -0.178. The lowest BCUT2D eigenvalue weighted by Crippen LogP contribution is -2.10. The lowest BCUT2D eigenvalue weighted by atomic mass is 10.1. The molecule has 4 rings (SSSR count). The van der Waals surface area contributed by atoms with Crippen molar-refractivity contribution in [3.05, 3.63) is 80.4 Å². The van der Waals surface area contributed by atoms with Gasteiger partial charge < -0.3 is 14.8 Å². The molecule has 0 saturated carbocycles. The number of aliphatic hydroxyl groups excluding tert-OH is 1. The van der Waals surface area contributed by atoms with Crippen LogP contribution in [0.5, 0.6) is 0 Å². The maximum Gasteiger partial charge on any atom is 0.287 e. The van der Waals surface area contributed by atoms with Gasteiger partial charge in [0.15, 0.2) is 0 Å². The zero-order valence-electron chi connectivity index (χ0n) is 14.7. The molecular formula is C20H13ClN2O5S. The van der Waals surface area contributed by atoms with E-state index in [1.807, 2.05) is 0 Å². The fourth-order valence-corrected chi connectivity index (χ4v) is 4.38. The number of nitrogens with one attached hydrogen (secondary N) is 1. The molecule has 0 fully saturated rings. The van der Waals surface area contributed by atoms with Gasteiger partial charge in [0.05, 0.1) is 9.95 Å². The Morgan fingerprint density at radius 1 is 1.17 bits per heavy atom. The summed E-state index contributed by atoms with van der Waals surface area (Å²) in [6.07, 6.45) is 0. The van der Waals surface area contributed by atoms with E-state index in [9.17, 15) is 14.9 Å². The molecule has 0 atom stereocenters. The number of non-ortho nitro benzene ring substituents is 1. The van der Waals surface area contributed by atoms with Crippen molar-refractivity contribution in [2.45, 2.75) is 6.61 Å². The number of carbonyl (C=O) groups excluding carboxylic acids is 1. The van der Waals surface area contributed by atoms with Crippen molar-refractivity contribution in [2.24, 2.45) is 0 Å². The second-order valence-corrected chi connectivity index (χ2v) is 7.51. The number of nitro groups is 1. The Balaban J connectivity index is 1.59. The van der Waals surface area contributed by atoms with Gasteiger partial charge in [0.1, 0.15) is 27.7 Å². The van der Waals surface area contributed by atoms with E-state index < -0.39 is 10.8 Å². The van der Waals surface area contributed by atoms with E-state index in [1.165, 1.54) is 12.1 Å². The Labute approximate surface area is 173 Å². The van der Waals surface area contributed by atoms with E-state index in [0.717, 1.165) is 16.9 Å². The summed E-state index contributed by atoms with van der Waals surface area (Å²) < 4.78 is 5.84. The van der Waals surface area contributed by atoms with Gasteiger partial charge in [0.25, 0.3) is 11.6 Å². The van der Waals surface area contributed by atoms with Crippen LogP contribution in [0.4, 0.5) is 11.4 Å². The molecule has 7 nitrogen and oxygen atoms in total. The van der Waals surface area contributed by atoms with Crippen molar-refractivity contribution >= 4 is 50.3 Å². The Bertz CT molecular complexity index is 1230. The Morgan fingerprint density at radius 3 is 2.59 bits per heavy atom. The number of hydrogen-bond donors (Lipinski definition) is 2. The van der Waals surface area contributed by atoms with Crippen LogP contribution in [0.15, 0.2) is 59.0 Å². The molecule has 4 aromatic rings. The van der Waals surface area contributed by atoms with Gasteiger partial charge in [-0.2, -0.15) is 0 Å². The zero-order chi connectivity index (χ0) is 20.5. The molecule has 0 aliphatic heterocycles. The normalized spacial score (nSPS) is 11.0. The molecule has 0 bridgehead atoms. The van der Waals surface area contributed by atoms with Gasteiger partial charge in [-0.15, -0.1) is 11.3 Å². The third-order valence-electron chi connectivity index (χ3n) is 4.28. The molecule has 146 valence electrons. The van der Waals surface area contributed by atoms with E-state index in [-0.39, 0.29) is 22.2 Å². The molecule has 9 heteroatoms. The van der Waals surface area contributed by atoms with Crippen LogP contribution in [-0.2, 0) is 6.61 Å². The number of amides is 1. The summed E-state index contributed by atoms with van der Waals surface area (Å²) >= 11 is 7.30. The topological polar surface area (TPSA) is 106 Å². The van der Waals surface area contributed by atoms with Crippen LogP contribution in [0.25, 0.3) is 21.4 Å². The zero-order valence-corrected chi connectivity index (χ0v) is 16.3. The average molecular weight is 429 g/mol. The third kappa shape index (κ3) is 3.61. The van der Waals surface area contributed by atoms with Crippen LogP contribution in [0.3, 0.4) is 0 Å². The highest BCUT2D eigenvalue weighted by Gasteiger charge is 2.22. The van der Waals surface area contributed by atoms with Gasteiger partial charge in [-0.3, -0.25) is 14.9 Å². The second kappa shape index (κ2) is 7.67. The number of furan rings is 1. The van der Waals surface area contributed by atoms with E-state index in [4.69, 9.17) is 21.1 Å². The monoisotopic (exact) mass is 428 g/mol. The maximum absolute atomic E-state index is 12.7. The number of fused-ring (bicyclic) bond motifs is 1. The molecule has 1 amide bonds. The molecule has 2 aromatic heterocycles. The number of hydrogen-bond acceptors (Lipinski definition) is 6. The largest absolute Gasteiger partial charge is 0.459 e. The Kier molecular flexibility index (Phi) is 5.06. The van der Waals surface area contributed by atoms with E-state index in [0.29, 0.717) is 27.3 Å². The molecule has 0 aliphatic rings. The number of halogens is 1. The lowest BCUT2D eigenvalue weighted by Gasteiger charge is -2.05. The maximum atomic E-state index is 12.7. The number of nitro benzene ring substituents is 1. The number of aliphatic hydroxyl groups is 1. The number of carbonyl (C=O) groups is 1. The van der Waals surface area contributed by atoms with Crippen molar-refractivity contribution in [3.63, 3.8) is 0 Å². The van der Waals surface area contributed by atoms with Gasteiger partial charge in [-0.05, 0) is 36.4 Å². The molecule has 2 aromatic carbocycles. The molecule has 0 aliphatic carbocycles. The molecule has 0 radical (unpaired) electrons. The lowest BCUT2D eigenvalue weighted by molar-refractivity contribution is -0.382. The standard InChI is InChI=1S/C20H13ClN2O5S/c21-17-14-2-1-3-15(23(26)27)18(14)29-19(17)20(25)22-12-6-4-11(5-7-12)16-9-8-13(10-24)28-16/h1-9,24H,10H2,(H,22,25). The van der Waals surface area contributed by atoms with Gasteiger partial charge in [-0.25, -0.2) is 0 Å². The predicted octanol–water partition coefficient (Wildman–Crippen LogP) is 5.47. The van der Waals surface area contributed by atoms with Crippen molar-refractivity contribution in [2.75, 3.05) is 5.32 Å². The second-order valence-electron chi connectivity index (χ2n) is 6.11. The summed E-state index contributed by atoms with van der Waals surface area (Å²) in [6, 6.07) is 15.0. The number of anilines is 1. The molecule has 0 saturated heterocycles. The van der Waals surface area contributed by atoms with Crippen LogP contribution in [-0.4, -0.2) is 15.9 Å². The van der Waals surface area contributed by atoms with Crippen LogP contribution >= 0.6 is 22.9 Å². The minimum Gasteiger partial charge on any atom is -0.459 e. The van der Waals surface area contributed by atoms with Crippen LogP contribution in [0.2, 0.25) is 5.02 Å². The van der Waals surface area contributed by atoms with Crippen LogP contribution in [0, 0.1) is 10.1 Å². The van der Waals surface area contributed by atoms with Crippen molar-refractivity contribution in [1.29, 1.82) is 0 Å². The quantitative estimate of drug-likeness (QED) is 0.324. The molecular weight excluding hydrogens is 416 g/mol. The van der Waals surface area contributed by atoms with Crippen LogP contribution < -0.4 is 5.32 Å². The number of rotatable bonds is 5. The SMILES string of the molecule is O=C(Nc1ccc(-c2ccc(CO)o2)cc1)c1sc2c([N+](=O)[O-])cccc2c1Cl. The summed E-state index contributed by atoms with van der Waals surface area (Å²) in [5.74, 6) is 0.622.